The molecule has 8 nitrogen and oxygen atoms in total. The predicted octanol–water partition coefficient (Wildman–Crippen LogP) is 3.49. The van der Waals surface area contributed by atoms with Gasteiger partial charge in [-0.25, -0.2) is 8.42 Å². The molecule has 1 atom stereocenters. The van der Waals surface area contributed by atoms with Gasteiger partial charge < -0.3 is 15.0 Å². The molecule has 35 heavy (non-hydrogen) atoms. The van der Waals surface area contributed by atoms with Crippen molar-refractivity contribution in [2.45, 2.75) is 45.7 Å². The molecule has 0 radical (unpaired) electrons. The molecule has 10 heteroatoms. The van der Waals surface area contributed by atoms with Crippen LogP contribution in [0.2, 0.25) is 5.02 Å². The number of benzene rings is 2. The zero-order valence-corrected chi connectivity index (χ0v) is 22.6. The lowest BCUT2D eigenvalue weighted by molar-refractivity contribution is -0.139. The number of carbonyl (C=O) groups is 2. The van der Waals surface area contributed by atoms with E-state index in [9.17, 15) is 18.0 Å². The van der Waals surface area contributed by atoms with E-state index >= 15 is 0 Å². The van der Waals surface area contributed by atoms with Crippen molar-refractivity contribution >= 4 is 39.1 Å². The molecule has 0 bridgehead atoms. The zero-order valence-electron chi connectivity index (χ0n) is 21.0. The second-order valence-corrected chi connectivity index (χ2v) is 11.7. The summed E-state index contributed by atoms with van der Waals surface area (Å²) >= 11 is 6.11. The first kappa shape index (κ1) is 28.5. The van der Waals surface area contributed by atoms with Crippen molar-refractivity contribution in [1.29, 1.82) is 0 Å². The van der Waals surface area contributed by atoms with Gasteiger partial charge >= 0.3 is 0 Å². The van der Waals surface area contributed by atoms with E-state index in [1.165, 1.54) is 24.1 Å². The highest BCUT2D eigenvalue weighted by Gasteiger charge is 2.32. The summed E-state index contributed by atoms with van der Waals surface area (Å²) in [5.41, 5.74) is 0.641. The third-order valence-corrected chi connectivity index (χ3v) is 6.60. The summed E-state index contributed by atoms with van der Waals surface area (Å²) in [4.78, 5) is 27.9. The third kappa shape index (κ3) is 8.43. The van der Waals surface area contributed by atoms with Gasteiger partial charge in [0.25, 0.3) is 0 Å². The van der Waals surface area contributed by atoms with Crippen molar-refractivity contribution in [1.82, 2.24) is 10.2 Å². The molecule has 1 N–H and O–H groups in total. The topological polar surface area (TPSA) is 96.0 Å². The molecule has 0 heterocycles. The van der Waals surface area contributed by atoms with Crippen LogP contribution in [0.3, 0.4) is 0 Å². The Bertz CT molecular complexity index is 1130. The fourth-order valence-electron chi connectivity index (χ4n) is 3.50. The fraction of sp³-hybridized carbons (Fsp3) is 0.440. The van der Waals surface area contributed by atoms with E-state index in [4.69, 9.17) is 16.3 Å². The molecule has 0 saturated heterocycles. The lowest BCUT2D eigenvalue weighted by atomic mass is 10.1. The number of sulfonamides is 1. The lowest BCUT2D eigenvalue weighted by Crippen LogP contribution is -2.55. The number of methoxy groups -OCH3 is 1. The van der Waals surface area contributed by atoms with Crippen LogP contribution in [0.4, 0.5) is 5.69 Å². The Morgan fingerprint density at radius 2 is 1.74 bits per heavy atom. The van der Waals surface area contributed by atoms with Crippen LogP contribution in [0.5, 0.6) is 5.75 Å². The number of hydrogen-bond donors (Lipinski definition) is 1. The average molecular weight is 524 g/mol. The van der Waals surface area contributed by atoms with Gasteiger partial charge in [0.2, 0.25) is 21.8 Å². The molecule has 0 fully saturated rings. The summed E-state index contributed by atoms with van der Waals surface area (Å²) in [6.07, 6.45) is 1.50. The van der Waals surface area contributed by atoms with Gasteiger partial charge in [-0.2, -0.15) is 0 Å². The number of nitrogens with one attached hydrogen (secondary N) is 1. The maximum atomic E-state index is 13.6. The minimum Gasteiger partial charge on any atom is -0.495 e. The van der Waals surface area contributed by atoms with E-state index in [2.05, 4.69) is 5.32 Å². The molecule has 0 saturated carbocycles. The lowest BCUT2D eigenvalue weighted by Gasteiger charge is -2.33. The molecule has 0 aliphatic rings. The Hall–Kier alpha value is -2.78. The summed E-state index contributed by atoms with van der Waals surface area (Å²) in [5.74, 6) is -0.600. The molecule has 2 rings (SSSR count). The standard InChI is InChI=1S/C25H34ClN3O5S/c1-18(24(31)27-25(2,3)4)28(15-14-19-10-8-7-9-11-19)23(30)17-29(35(6,32)33)21-16-20(26)12-13-22(21)34-5/h7-13,16,18H,14-15,17H2,1-6H3,(H,27,31)/t18-/m0/s1. The van der Waals surface area contributed by atoms with Crippen LogP contribution in [0.15, 0.2) is 48.5 Å². The molecule has 0 aromatic heterocycles. The molecule has 0 spiro atoms. The van der Waals surface area contributed by atoms with E-state index < -0.39 is 34.1 Å². The molecular weight excluding hydrogens is 490 g/mol. The first-order valence-corrected chi connectivity index (χ1v) is 13.4. The largest absolute Gasteiger partial charge is 0.495 e. The summed E-state index contributed by atoms with van der Waals surface area (Å²) in [5, 5.41) is 3.18. The maximum absolute atomic E-state index is 13.6. The highest BCUT2D eigenvalue weighted by Crippen LogP contribution is 2.32. The van der Waals surface area contributed by atoms with Crippen LogP contribution in [0.25, 0.3) is 0 Å². The van der Waals surface area contributed by atoms with Crippen LogP contribution in [0.1, 0.15) is 33.3 Å². The Labute approximate surface area is 213 Å². The van der Waals surface area contributed by atoms with Crippen LogP contribution < -0.4 is 14.4 Å². The number of carbonyl (C=O) groups excluding carboxylic acids is 2. The highest BCUT2D eigenvalue weighted by molar-refractivity contribution is 7.92. The molecule has 0 unspecified atom stereocenters. The van der Waals surface area contributed by atoms with E-state index in [0.717, 1.165) is 16.1 Å². The maximum Gasteiger partial charge on any atom is 0.244 e. The van der Waals surface area contributed by atoms with Gasteiger partial charge in [-0.15, -0.1) is 0 Å². The Morgan fingerprint density at radius 1 is 1.11 bits per heavy atom. The van der Waals surface area contributed by atoms with E-state index in [1.807, 2.05) is 51.1 Å². The van der Waals surface area contributed by atoms with Crippen LogP contribution >= 0.6 is 11.6 Å². The Balaban J connectivity index is 2.40. The summed E-state index contributed by atoms with van der Waals surface area (Å²) in [6.45, 7) is 6.90. The second-order valence-electron chi connectivity index (χ2n) is 9.32. The number of amides is 2. The van der Waals surface area contributed by atoms with E-state index in [0.29, 0.717) is 11.4 Å². The number of halogens is 1. The smallest absolute Gasteiger partial charge is 0.244 e. The molecule has 0 aliphatic heterocycles. The number of rotatable bonds is 10. The van der Waals surface area contributed by atoms with Crippen molar-refractivity contribution < 1.29 is 22.7 Å². The minimum absolute atomic E-state index is 0.144. The molecule has 2 aromatic rings. The van der Waals surface area contributed by atoms with Crippen molar-refractivity contribution in [2.75, 3.05) is 30.8 Å². The molecule has 2 aromatic carbocycles. The summed E-state index contributed by atoms with van der Waals surface area (Å²) in [7, 11) is -2.49. The zero-order chi connectivity index (χ0) is 26.4. The average Bonchev–Trinajstić information content (AvgIpc) is 2.76. The molecule has 0 aliphatic carbocycles. The van der Waals surface area contributed by atoms with Crippen LogP contribution in [-0.4, -0.2) is 63.2 Å². The minimum atomic E-state index is -3.89. The van der Waals surface area contributed by atoms with Gasteiger partial charge in [0, 0.05) is 17.1 Å². The third-order valence-electron chi connectivity index (χ3n) is 5.24. The number of hydrogen-bond acceptors (Lipinski definition) is 5. The molecule has 2 amide bonds. The first-order chi connectivity index (χ1) is 16.2. The molecule has 192 valence electrons. The van der Waals surface area contributed by atoms with Crippen molar-refractivity contribution in [3.05, 3.63) is 59.1 Å². The van der Waals surface area contributed by atoms with E-state index in [-0.39, 0.29) is 23.9 Å². The number of ether oxygens (including phenoxy) is 1. The summed E-state index contributed by atoms with van der Waals surface area (Å²) < 4.78 is 31.7. The Morgan fingerprint density at radius 3 is 2.29 bits per heavy atom. The van der Waals surface area contributed by atoms with Gasteiger partial charge in [-0.05, 0) is 57.9 Å². The SMILES string of the molecule is COc1ccc(Cl)cc1N(CC(=O)N(CCc1ccccc1)[C@@H](C)C(=O)NC(C)(C)C)S(C)(=O)=O. The van der Waals surface area contributed by atoms with Gasteiger partial charge in [0.1, 0.15) is 18.3 Å². The normalized spacial score (nSPS) is 12.5. The second kappa shape index (κ2) is 11.8. The van der Waals surface area contributed by atoms with Gasteiger partial charge in [-0.1, -0.05) is 41.9 Å². The van der Waals surface area contributed by atoms with Gasteiger partial charge in [-0.3, -0.25) is 13.9 Å². The number of nitrogens with zero attached hydrogens (tertiary/aromatic N) is 2. The predicted molar refractivity (Wildman–Crippen MR) is 139 cm³/mol. The monoisotopic (exact) mass is 523 g/mol. The van der Waals surface area contributed by atoms with Crippen molar-refractivity contribution in [2.24, 2.45) is 0 Å². The first-order valence-electron chi connectivity index (χ1n) is 11.2. The van der Waals surface area contributed by atoms with E-state index in [1.54, 1.807) is 13.0 Å². The van der Waals surface area contributed by atoms with Crippen LogP contribution in [-0.2, 0) is 26.0 Å². The van der Waals surface area contributed by atoms with Crippen molar-refractivity contribution in [3.63, 3.8) is 0 Å². The highest BCUT2D eigenvalue weighted by atomic mass is 35.5. The summed E-state index contributed by atoms with van der Waals surface area (Å²) in [6, 6.07) is 13.3. The number of anilines is 1. The Kier molecular flexibility index (Phi) is 9.57. The van der Waals surface area contributed by atoms with Crippen LogP contribution in [0, 0.1) is 0 Å². The van der Waals surface area contributed by atoms with Crippen molar-refractivity contribution in [3.8, 4) is 5.75 Å². The fourth-order valence-corrected chi connectivity index (χ4v) is 4.51. The van der Waals surface area contributed by atoms with Gasteiger partial charge in [0.05, 0.1) is 19.1 Å². The quantitative estimate of drug-likeness (QED) is 0.514. The van der Waals surface area contributed by atoms with Gasteiger partial charge in [0.15, 0.2) is 0 Å². The molecular formula is C25H34ClN3O5S.